The van der Waals surface area contributed by atoms with Gasteiger partial charge >= 0.3 is 0 Å². The summed E-state index contributed by atoms with van der Waals surface area (Å²) in [5.74, 6) is 0. The molecule has 0 spiro atoms. The van der Waals surface area contributed by atoms with Crippen LogP contribution in [0.5, 0.6) is 0 Å². The molecule has 2 aromatic heterocycles. The summed E-state index contributed by atoms with van der Waals surface area (Å²) < 4.78 is 5.07. The van der Waals surface area contributed by atoms with E-state index in [4.69, 9.17) is 0 Å². The van der Waals surface area contributed by atoms with E-state index >= 15 is 0 Å². The van der Waals surface area contributed by atoms with Gasteiger partial charge in [0.1, 0.15) is 0 Å². The van der Waals surface area contributed by atoms with Gasteiger partial charge in [-0.1, -0.05) is 149 Å². The van der Waals surface area contributed by atoms with Gasteiger partial charge < -0.3 is 4.57 Å². The number of aromatic nitrogens is 1. The Morgan fingerprint density at radius 1 is 0.321 bits per heavy atom. The molecule has 3 heteroatoms. The number of thiol groups is 1. The lowest BCUT2D eigenvalue weighted by molar-refractivity contribution is 1.18. The largest absolute Gasteiger partial charge is 0.309 e. The number of hydrogen-bond acceptors (Lipinski definition) is 2. The van der Waals surface area contributed by atoms with Gasteiger partial charge in [0.2, 0.25) is 0 Å². The molecule has 1 nitrogen and oxygen atoms in total. The third-order valence-electron chi connectivity index (χ3n) is 9.99. The molecule has 0 aliphatic rings. The molecule has 0 saturated heterocycles. The van der Waals surface area contributed by atoms with Crippen LogP contribution in [0.3, 0.4) is 0 Å². The smallest absolute Gasteiger partial charge is 0.0541 e. The Balaban J connectivity index is 0.000000766. The molecule has 0 aliphatic heterocycles. The molecule has 0 bridgehead atoms. The highest BCUT2D eigenvalue weighted by molar-refractivity contribution is 7.79. The molecule has 0 unspecified atom stereocenters. The van der Waals surface area contributed by atoms with Crippen molar-refractivity contribution in [3.63, 3.8) is 0 Å². The van der Waals surface area contributed by atoms with E-state index < -0.39 is 0 Å². The lowest BCUT2D eigenvalue weighted by Gasteiger charge is -2.10. The maximum Gasteiger partial charge on any atom is 0.0541 e. The number of fused-ring (bicyclic) bond motifs is 6. The van der Waals surface area contributed by atoms with Gasteiger partial charge in [0.05, 0.1) is 11.0 Å². The second-order valence-electron chi connectivity index (χ2n) is 13.0. The van der Waals surface area contributed by atoms with E-state index in [0.29, 0.717) is 0 Å². The predicted molar refractivity (Wildman–Crippen MR) is 253 cm³/mol. The maximum absolute atomic E-state index is 3.53. The van der Waals surface area contributed by atoms with Gasteiger partial charge in [0.15, 0.2) is 0 Å². The first-order valence-corrected chi connectivity index (χ1v) is 21.2. The van der Waals surface area contributed by atoms with Crippen LogP contribution in [0.4, 0.5) is 0 Å². The quantitative estimate of drug-likeness (QED) is 0.167. The Bertz CT molecular complexity index is 2860. The first-order valence-electron chi connectivity index (χ1n) is 19.5. The van der Waals surface area contributed by atoms with Crippen LogP contribution in [0.15, 0.2) is 188 Å². The number of thiophene rings is 1. The summed E-state index contributed by atoms with van der Waals surface area (Å²) in [4.78, 5) is 0. The Kier molecular flexibility index (Phi) is 12.2. The Hall–Kier alpha value is -5.87. The third kappa shape index (κ3) is 7.41. The molecule has 10 aromatic rings. The zero-order valence-electron chi connectivity index (χ0n) is 32.7. The highest BCUT2D eigenvalue weighted by atomic mass is 32.1. The predicted octanol–water partition coefficient (Wildman–Crippen LogP) is 16.4. The van der Waals surface area contributed by atoms with Crippen molar-refractivity contribution in [1.82, 2.24) is 4.57 Å². The monoisotopic (exact) mass is 761 g/mol. The minimum Gasteiger partial charge on any atom is -0.309 e. The topological polar surface area (TPSA) is 4.93 Å². The number of rotatable bonds is 5. The molecule has 0 radical (unpaired) electrons. The van der Waals surface area contributed by atoms with E-state index in [-0.39, 0.29) is 0 Å². The zero-order valence-corrected chi connectivity index (χ0v) is 34.4. The molecule has 10 rings (SSSR count). The molecule has 0 saturated carbocycles. The van der Waals surface area contributed by atoms with Crippen molar-refractivity contribution in [2.45, 2.75) is 27.7 Å². The molecule has 2 heterocycles. The molecule has 0 fully saturated rings. The van der Waals surface area contributed by atoms with E-state index in [0.717, 1.165) is 0 Å². The lowest BCUT2D eigenvalue weighted by atomic mass is 9.95. The summed E-state index contributed by atoms with van der Waals surface area (Å²) in [7, 11) is 0. The van der Waals surface area contributed by atoms with Crippen molar-refractivity contribution in [2.24, 2.45) is 0 Å². The van der Waals surface area contributed by atoms with Crippen LogP contribution in [-0.2, 0) is 0 Å². The average Bonchev–Trinajstić information content (AvgIpc) is 3.84. The Morgan fingerprint density at radius 3 is 1.27 bits per heavy atom. The minimum absolute atomic E-state index is 1.17. The fraction of sp³-hybridized carbons (Fsp3) is 0.0943. The van der Waals surface area contributed by atoms with Crippen LogP contribution in [0, 0.1) is 0 Å². The van der Waals surface area contributed by atoms with Crippen molar-refractivity contribution >= 4 is 65.9 Å². The highest BCUT2D eigenvalue weighted by Gasteiger charge is 2.16. The summed E-state index contributed by atoms with van der Waals surface area (Å²) in [5, 5.41) is 5.16. The molecule has 0 aliphatic carbocycles. The Morgan fingerprint density at radius 2 is 0.714 bits per heavy atom. The van der Waals surface area contributed by atoms with Gasteiger partial charge in [-0.25, -0.2) is 0 Å². The minimum atomic E-state index is 1.17. The van der Waals surface area contributed by atoms with Gasteiger partial charge in [0, 0.05) is 36.6 Å². The number of nitrogens with zero attached hydrogens (tertiary/aromatic N) is 1. The average molecular weight is 762 g/mol. The van der Waals surface area contributed by atoms with Gasteiger partial charge in [-0.15, -0.1) is 11.3 Å². The lowest BCUT2D eigenvalue weighted by Crippen LogP contribution is -1.93. The molecule has 56 heavy (non-hydrogen) atoms. The van der Waals surface area contributed by atoms with Crippen LogP contribution >= 0.6 is 24.0 Å². The number of para-hydroxylation sites is 1. The van der Waals surface area contributed by atoms with Gasteiger partial charge in [-0.2, -0.15) is 12.6 Å². The molecule has 276 valence electrons. The second kappa shape index (κ2) is 17.7. The second-order valence-corrected chi connectivity index (χ2v) is 14.1. The SMILES string of the molecule is CC.CC.CS.c1ccc(-c2cccc(-c3cccc(-c4ccc5c(c4)c4cc(-c6ccc7sc8ccccc8c7c6)ccc4n5-c4ccccc4)c3)c2)cc1. The fourth-order valence-electron chi connectivity index (χ4n) is 7.53. The zero-order chi connectivity index (χ0) is 39.0. The van der Waals surface area contributed by atoms with Crippen molar-refractivity contribution in [3.05, 3.63) is 188 Å². The first kappa shape index (κ1) is 38.4. The number of benzene rings is 8. The van der Waals surface area contributed by atoms with Gasteiger partial charge in [-0.05, 0) is 117 Å². The summed E-state index contributed by atoms with van der Waals surface area (Å²) in [6.45, 7) is 8.00. The number of hydrogen-bond donors (Lipinski definition) is 1. The van der Waals surface area contributed by atoms with E-state index in [9.17, 15) is 0 Å². The van der Waals surface area contributed by atoms with E-state index in [1.807, 2.05) is 39.0 Å². The van der Waals surface area contributed by atoms with Crippen molar-refractivity contribution in [2.75, 3.05) is 6.26 Å². The maximum atomic E-state index is 3.53. The van der Waals surface area contributed by atoms with Crippen LogP contribution in [-0.4, -0.2) is 10.8 Å². The van der Waals surface area contributed by atoms with Gasteiger partial charge in [0.25, 0.3) is 0 Å². The van der Waals surface area contributed by atoms with E-state index in [2.05, 4.69) is 205 Å². The Labute approximate surface area is 341 Å². The highest BCUT2D eigenvalue weighted by Crippen LogP contribution is 2.40. The molecule has 0 amide bonds. The van der Waals surface area contributed by atoms with Crippen molar-refractivity contribution in [1.29, 1.82) is 0 Å². The molecule has 0 atom stereocenters. The summed E-state index contributed by atoms with van der Waals surface area (Å²) in [6, 6.07) is 68.7. The van der Waals surface area contributed by atoms with Crippen LogP contribution in [0.1, 0.15) is 27.7 Å². The summed E-state index contributed by atoms with van der Waals surface area (Å²) in [5.41, 5.74) is 13.4. The van der Waals surface area contributed by atoms with Crippen LogP contribution in [0.25, 0.3) is 92.2 Å². The third-order valence-corrected chi connectivity index (χ3v) is 11.1. The van der Waals surface area contributed by atoms with E-state index in [1.54, 1.807) is 6.26 Å². The van der Waals surface area contributed by atoms with Crippen LogP contribution in [0.2, 0.25) is 0 Å². The van der Waals surface area contributed by atoms with Crippen molar-refractivity contribution in [3.8, 4) is 50.2 Å². The van der Waals surface area contributed by atoms with Crippen molar-refractivity contribution < 1.29 is 0 Å². The van der Waals surface area contributed by atoms with Gasteiger partial charge in [-0.3, -0.25) is 0 Å². The summed E-state index contributed by atoms with van der Waals surface area (Å²) in [6.07, 6.45) is 1.69. The standard InChI is InChI=1S/C48H31NS.2C2H6.CH4S/c1-3-11-32(12-4-1)33-13-9-14-34(27-33)35-15-10-16-36(28-35)37-21-24-45-42(29-37)43-30-38(22-25-46(43)49(45)40-17-5-2-6-18-40)39-23-26-48-44(31-39)41-19-7-8-20-47(41)50-48;3*1-2/h1-31H;2*1-2H3;2H,1H3. The normalized spacial score (nSPS) is 10.7. The van der Waals surface area contributed by atoms with E-state index in [1.165, 1.54) is 92.2 Å². The first-order chi connectivity index (χ1) is 27.8. The molecule has 0 N–H and O–H groups in total. The molecule has 8 aromatic carbocycles. The fourth-order valence-corrected chi connectivity index (χ4v) is 8.62. The summed E-state index contributed by atoms with van der Waals surface area (Å²) >= 11 is 5.39. The molecular formula is C53H47NS2. The molecular weight excluding hydrogens is 715 g/mol. The van der Waals surface area contributed by atoms with Crippen LogP contribution < -0.4 is 0 Å².